The van der Waals surface area contributed by atoms with Crippen LogP contribution in [0, 0.1) is 5.92 Å². The molecule has 4 N–H and O–H groups in total. The van der Waals surface area contributed by atoms with Gasteiger partial charge in [-0.3, -0.25) is 9.79 Å². The van der Waals surface area contributed by atoms with Crippen molar-refractivity contribution in [1.29, 1.82) is 0 Å². The maximum Gasteiger partial charge on any atom is 0.253 e. The predicted octanol–water partition coefficient (Wildman–Crippen LogP) is 3.11. The molecule has 3 aliphatic rings. The van der Waals surface area contributed by atoms with Crippen molar-refractivity contribution in [2.45, 2.75) is 63.1 Å². The summed E-state index contributed by atoms with van der Waals surface area (Å²) in [5, 5.41) is 27.5. The summed E-state index contributed by atoms with van der Waals surface area (Å²) in [5.74, 6) is 1.66. The van der Waals surface area contributed by atoms with Crippen LogP contribution in [-0.4, -0.2) is 57.9 Å². The second-order valence-electron chi connectivity index (χ2n) is 9.47. The Balaban J connectivity index is 0.000000161. The number of benzene rings is 1. The molecule has 1 aromatic heterocycles. The SMILES string of the molecule is O=C1NC(C2CCCCC2)=NC12CCNCC2.OCC(O)Cn1ccc2c(/C=C/S)cccc21. The van der Waals surface area contributed by atoms with Crippen LogP contribution in [-0.2, 0) is 11.3 Å². The molecule has 34 heavy (non-hydrogen) atoms. The Bertz CT molecular complexity index is 1040. The molecule has 2 aromatic rings. The molecule has 1 aliphatic carbocycles. The summed E-state index contributed by atoms with van der Waals surface area (Å²) in [5.41, 5.74) is 1.72. The lowest BCUT2D eigenvalue weighted by Gasteiger charge is -2.28. The fraction of sp³-hybridized carbons (Fsp3) is 0.538. The van der Waals surface area contributed by atoms with Crippen LogP contribution >= 0.6 is 12.6 Å². The van der Waals surface area contributed by atoms with Gasteiger partial charge in [0.25, 0.3) is 5.91 Å². The molecule has 1 amide bonds. The molecule has 0 radical (unpaired) electrons. The van der Waals surface area contributed by atoms with Crippen molar-refractivity contribution in [2.24, 2.45) is 10.9 Å². The van der Waals surface area contributed by atoms with E-state index in [0.717, 1.165) is 48.2 Å². The van der Waals surface area contributed by atoms with Crippen molar-refractivity contribution in [3.63, 3.8) is 0 Å². The van der Waals surface area contributed by atoms with Gasteiger partial charge in [0.2, 0.25) is 0 Å². The lowest BCUT2D eigenvalue weighted by Crippen LogP contribution is -2.47. The van der Waals surface area contributed by atoms with E-state index in [9.17, 15) is 9.90 Å². The van der Waals surface area contributed by atoms with Gasteiger partial charge in [0.1, 0.15) is 11.4 Å². The first kappa shape index (κ1) is 25.0. The van der Waals surface area contributed by atoms with Gasteiger partial charge in [-0.25, -0.2) is 0 Å². The second-order valence-corrected chi connectivity index (χ2v) is 9.77. The minimum absolute atomic E-state index is 0.152. The maximum absolute atomic E-state index is 12.2. The Kier molecular flexibility index (Phi) is 8.47. The number of hydrogen-bond acceptors (Lipinski definition) is 6. The Morgan fingerprint density at radius 2 is 1.97 bits per heavy atom. The summed E-state index contributed by atoms with van der Waals surface area (Å²) in [6.07, 6.45) is 11.1. The summed E-state index contributed by atoms with van der Waals surface area (Å²) in [6, 6.07) is 7.98. The number of fused-ring (bicyclic) bond motifs is 1. The molecule has 1 unspecified atom stereocenters. The monoisotopic (exact) mass is 484 g/mol. The average Bonchev–Trinajstić information content (AvgIpc) is 3.42. The number of aliphatic hydroxyl groups is 2. The number of hydrogen-bond donors (Lipinski definition) is 5. The van der Waals surface area contributed by atoms with Crippen molar-refractivity contribution >= 4 is 41.4 Å². The standard InChI is InChI=1S/C13H21N3O.C13H15NO2S/c17-12-13(6-8-14-9-7-13)16-11(15-12)10-4-2-1-3-5-10;15-9-11(16)8-14-6-4-12-10(5-7-17)2-1-3-13(12)14/h10,14H,1-9H2,(H,15,16,17);1-7,11,15-17H,8-9H2/b;7-5+. The topological polar surface area (TPSA) is 98.9 Å². The van der Waals surface area contributed by atoms with Crippen LogP contribution in [0.1, 0.15) is 50.5 Å². The number of aromatic nitrogens is 1. The highest BCUT2D eigenvalue weighted by Crippen LogP contribution is 2.32. The number of nitrogens with zero attached hydrogens (tertiary/aromatic N) is 2. The van der Waals surface area contributed by atoms with Crippen LogP contribution in [0.4, 0.5) is 0 Å². The van der Waals surface area contributed by atoms with E-state index in [1.54, 1.807) is 5.41 Å². The van der Waals surface area contributed by atoms with E-state index in [0.29, 0.717) is 12.5 Å². The summed E-state index contributed by atoms with van der Waals surface area (Å²) in [6.45, 7) is 1.99. The molecule has 1 saturated carbocycles. The normalized spacial score (nSPS) is 21.4. The molecule has 184 valence electrons. The highest BCUT2D eigenvalue weighted by molar-refractivity contribution is 7.83. The van der Waals surface area contributed by atoms with Gasteiger partial charge in [-0.2, -0.15) is 12.6 Å². The molecule has 1 aromatic carbocycles. The van der Waals surface area contributed by atoms with E-state index in [2.05, 4.69) is 23.3 Å². The van der Waals surface area contributed by atoms with Gasteiger partial charge in [0, 0.05) is 23.0 Å². The molecule has 1 atom stereocenters. The Labute approximate surface area is 206 Å². The third kappa shape index (κ3) is 5.57. The minimum Gasteiger partial charge on any atom is -0.394 e. The number of rotatable bonds is 5. The van der Waals surface area contributed by atoms with Gasteiger partial charge >= 0.3 is 0 Å². The van der Waals surface area contributed by atoms with E-state index in [4.69, 9.17) is 10.1 Å². The first-order valence-corrected chi connectivity index (χ1v) is 12.9. The van der Waals surface area contributed by atoms with Crippen molar-refractivity contribution < 1.29 is 15.0 Å². The Hall–Kier alpha value is -2.13. The van der Waals surface area contributed by atoms with Crippen molar-refractivity contribution in [3.05, 3.63) is 41.4 Å². The molecular weight excluding hydrogens is 448 g/mol. The largest absolute Gasteiger partial charge is 0.394 e. The molecule has 7 nitrogen and oxygen atoms in total. The number of thiol groups is 1. The van der Waals surface area contributed by atoms with E-state index in [-0.39, 0.29) is 12.5 Å². The Morgan fingerprint density at radius 1 is 1.21 bits per heavy atom. The van der Waals surface area contributed by atoms with Crippen molar-refractivity contribution in [1.82, 2.24) is 15.2 Å². The van der Waals surface area contributed by atoms with Crippen LogP contribution in [0.15, 0.2) is 40.9 Å². The number of amidine groups is 1. The van der Waals surface area contributed by atoms with Crippen LogP contribution in [0.2, 0.25) is 0 Å². The van der Waals surface area contributed by atoms with Crippen molar-refractivity contribution in [2.75, 3.05) is 19.7 Å². The fourth-order valence-corrected chi connectivity index (χ4v) is 5.37. The van der Waals surface area contributed by atoms with Gasteiger partial charge in [-0.1, -0.05) is 31.4 Å². The molecule has 2 fully saturated rings. The molecular formula is C26H36N4O3S. The maximum atomic E-state index is 12.2. The zero-order chi connectivity index (χ0) is 24.0. The average molecular weight is 485 g/mol. The summed E-state index contributed by atoms with van der Waals surface area (Å²) in [7, 11) is 0. The molecule has 5 rings (SSSR count). The minimum atomic E-state index is -0.727. The third-order valence-corrected chi connectivity index (χ3v) is 7.29. The molecule has 0 bridgehead atoms. The van der Waals surface area contributed by atoms with E-state index >= 15 is 0 Å². The highest BCUT2D eigenvalue weighted by Gasteiger charge is 2.45. The van der Waals surface area contributed by atoms with Gasteiger partial charge in [-0.05, 0) is 68.0 Å². The summed E-state index contributed by atoms with van der Waals surface area (Å²) < 4.78 is 1.94. The number of aliphatic imine (C=N–C) groups is 1. The molecule has 1 spiro atoms. The lowest BCUT2D eigenvalue weighted by atomic mass is 9.88. The molecule has 8 heteroatoms. The van der Waals surface area contributed by atoms with Crippen molar-refractivity contribution in [3.8, 4) is 0 Å². The first-order chi connectivity index (χ1) is 16.6. The zero-order valence-corrected chi connectivity index (χ0v) is 20.5. The summed E-state index contributed by atoms with van der Waals surface area (Å²) in [4.78, 5) is 17.0. The van der Waals surface area contributed by atoms with Gasteiger partial charge in [0.05, 0.1) is 19.3 Å². The number of nitrogens with one attached hydrogen (secondary N) is 2. The van der Waals surface area contributed by atoms with Crippen LogP contribution < -0.4 is 10.6 Å². The molecule has 3 heterocycles. The first-order valence-electron chi connectivity index (χ1n) is 12.4. The highest BCUT2D eigenvalue weighted by atomic mass is 32.1. The van der Waals surface area contributed by atoms with Crippen LogP contribution in [0.25, 0.3) is 17.0 Å². The smallest absolute Gasteiger partial charge is 0.253 e. The molecule has 1 saturated heterocycles. The number of piperidine rings is 1. The van der Waals surface area contributed by atoms with E-state index in [1.165, 1.54) is 32.1 Å². The quantitative estimate of drug-likeness (QED) is 0.421. The number of carbonyl (C=O) groups is 1. The second kappa shape index (κ2) is 11.5. The van der Waals surface area contributed by atoms with Gasteiger partial charge < -0.3 is 25.4 Å². The fourth-order valence-electron chi connectivity index (χ4n) is 5.21. The van der Waals surface area contributed by atoms with Gasteiger partial charge in [0.15, 0.2) is 0 Å². The van der Waals surface area contributed by atoms with E-state index < -0.39 is 11.6 Å². The Morgan fingerprint density at radius 3 is 2.68 bits per heavy atom. The third-order valence-electron chi connectivity index (χ3n) is 7.14. The van der Waals surface area contributed by atoms with Crippen LogP contribution in [0.5, 0.6) is 0 Å². The number of amides is 1. The number of carbonyl (C=O) groups excluding carboxylic acids is 1. The number of aliphatic hydroxyl groups excluding tert-OH is 2. The van der Waals surface area contributed by atoms with E-state index in [1.807, 2.05) is 41.1 Å². The van der Waals surface area contributed by atoms with Crippen LogP contribution in [0.3, 0.4) is 0 Å². The predicted molar refractivity (Wildman–Crippen MR) is 140 cm³/mol. The summed E-state index contributed by atoms with van der Waals surface area (Å²) >= 11 is 4.07. The van der Waals surface area contributed by atoms with Gasteiger partial charge in [-0.15, -0.1) is 0 Å². The molecule has 2 aliphatic heterocycles. The zero-order valence-electron chi connectivity index (χ0n) is 19.6. The lowest BCUT2D eigenvalue weighted by molar-refractivity contribution is -0.124.